The number of rotatable bonds is 20. The lowest BCUT2D eigenvalue weighted by atomic mass is 9.88. The quantitative estimate of drug-likeness (QED) is 0.0723. The van der Waals surface area contributed by atoms with Crippen LogP contribution in [-0.4, -0.2) is 158 Å². The van der Waals surface area contributed by atoms with Crippen molar-refractivity contribution in [2.75, 3.05) is 115 Å². The fourth-order valence-electron chi connectivity index (χ4n) is 8.29. The van der Waals surface area contributed by atoms with Crippen molar-refractivity contribution >= 4 is 45.9 Å². The summed E-state index contributed by atoms with van der Waals surface area (Å²) in [6.45, 7) is 12.3. The molecular weight excluding hydrogens is 692 g/mol. The maximum Gasteiger partial charge on any atom is 0.338 e. The molecule has 0 radical (unpaired) electrons. The summed E-state index contributed by atoms with van der Waals surface area (Å²) in [5, 5.41) is 27.8. The number of amides is 2. The summed E-state index contributed by atoms with van der Waals surface area (Å²) in [7, 11) is 0. The highest BCUT2D eigenvalue weighted by Gasteiger charge is 2.31. The maximum absolute atomic E-state index is 14.3. The maximum atomic E-state index is 14.3. The Balaban J connectivity index is 1.40. The molecule has 0 unspecified atom stereocenters. The topological polar surface area (TPSA) is 194 Å². The Morgan fingerprint density at radius 3 is 1.28 bits per heavy atom. The first kappa shape index (κ1) is 39.6. The molecule has 0 spiro atoms. The van der Waals surface area contributed by atoms with Crippen LogP contribution in [0.1, 0.15) is 92.8 Å². The van der Waals surface area contributed by atoms with E-state index in [2.05, 4.69) is 51.9 Å². The summed E-state index contributed by atoms with van der Waals surface area (Å²) in [5.41, 5.74) is 11.2. The molecule has 2 aromatic carbocycles. The van der Waals surface area contributed by atoms with Crippen molar-refractivity contribution in [3.63, 3.8) is 0 Å². The van der Waals surface area contributed by atoms with Crippen molar-refractivity contribution in [3.05, 3.63) is 34.4 Å². The summed E-state index contributed by atoms with van der Waals surface area (Å²) in [6.07, 6.45) is 8.95. The molecule has 16 heteroatoms. The van der Waals surface area contributed by atoms with E-state index in [0.717, 1.165) is 117 Å². The summed E-state index contributed by atoms with van der Waals surface area (Å²) < 4.78 is 0. The number of likely N-dealkylation sites (tertiary alicyclic amines) is 4. The predicted octanol–water partition coefficient (Wildman–Crippen LogP) is 1.91. The van der Waals surface area contributed by atoms with Crippen LogP contribution in [0.25, 0.3) is 10.8 Å². The third kappa shape index (κ3) is 10.2. The first-order valence-corrected chi connectivity index (χ1v) is 19.9. The number of aromatic carboxylic acids is 2. The number of carboxylic acid groups (broad SMARTS) is 2. The molecule has 6 rings (SSSR count). The standard InChI is InChI=1S/C38H58N10O6/c49-35(43-41-11-23-47-17-5-6-18-47)27-25-29(39-9-21-45-13-1-2-14-45)33(36(50)44-42-12-24-48-19-7-8-20-48)32-28(37(51)52)26-30(34(31(27)32)38(53)54)40-10-22-46-15-3-4-16-46/h25-26,39-42H,1-24H2,(H,43,49)(H,44,50)(H,51,52)(H,53,54). The molecule has 8 N–H and O–H groups in total. The number of fused-ring (bicyclic) bond motifs is 1. The lowest BCUT2D eigenvalue weighted by Gasteiger charge is -2.24. The van der Waals surface area contributed by atoms with Gasteiger partial charge in [0.2, 0.25) is 0 Å². The molecule has 4 saturated heterocycles. The second-order valence-electron chi connectivity index (χ2n) is 14.9. The largest absolute Gasteiger partial charge is 0.478 e. The van der Waals surface area contributed by atoms with Crippen LogP contribution >= 0.6 is 0 Å². The average molecular weight is 751 g/mol. The predicted molar refractivity (Wildman–Crippen MR) is 208 cm³/mol. The zero-order valence-corrected chi connectivity index (χ0v) is 31.4. The zero-order valence-electron chi connectivity index (χ0n) is 31.4. The van der Waals surface area contributed by atoms with Crippen LogP contribution < -0.4 is 32.3 Å². The molecule has 0 atom stereocenters. The third-order valence-electron chi connectivity index (χ3n) is 11.1. The number of benzene rings is 2. The van der Waals surface area contributed by atoms with Gasteiger partial charge in [-0.2, -0.15) is 0 Å². The number of hydrogen-bond acceptors (Lipinski definition) is 12. The lowest BCUT2D eigenvalue weighted by molar-refractivity contribution is 0.0684. The van der Waals surface area contributed by atoms with E-state index in [4.69, 9.17) is 0 Å². The summed E-state index contributed by atoms with van der Waals surface area (Å²) in [4.78, 5) is 64.0. The van der Waals surface area contributed by atoms with Gasteiger partial charge in [0.25, 0.3) is 11.8 Å². The molecule has 0 aliphatic carbocycles. The first-order valence-electron chi connectivity index (χ1n) is 19.9. The van der Waals surface area contributed by atoms with Gasteiger partial charge in [-0.05, 0) is 116 Å². The number of carbonyl (C=O) groups excluding carboxylic acids is 2. The van der Waals surface area contributed by atoms with E-state index < -0.39 is 23.8 Å². The van der Waals surface area contributed by atoms with Crippen LogP contribution in [0.15, 0.2) is 12.1 Å². The van der Waals surface area contributed by atoms with Gasteiger partial charge in [-0.1, -0.05) is 0 Å². The smallest absolute Gasteiger partial charge is 0.338 e. The normalized spacial score (nSPS) is 18.4. The van der Waals surface area contributed by atoms with Gasteiger partial charge in [-0.25, -0.2) is 20.4 Å². The molecule has 0 saturated carbocycles. The Hall–Kier alpha value is -4.06. The number of carboxylic acids is 2. The number of hydrazine groups is 2. The Labute approximate surface area is 317 Å². The Morgan fingerprint density at radius 1 is 0.481 bits per heavy atom. The molecule has 0 aromatic heterocycles. The van der Waals surface area contributed by atoms with Crippen LogP contribution in [0.3, 0.4) is 0 Å². The Kier molecular flexibility index (Phi) is 14.3. The molecule has 4 aliphatic rings. The average Bonchev–Trinajstić information content (AvgIpc) is 4.00. The molecule has 0 bridgehead atoms. The highest BCUT2D eigenvalue weighted by Crippen LogP contribution is 2.39. The van der Waals surface area contributed by atoms with Crippen molar-refractivity contribution < 1.29 is 29.4 Å². The molecule has 4 heterocycles. The van der Waals surface area contributed by atoms with Gasteiger partial charge in [0.15, 0.2) is 0 Å². The van der Waals surface area contributed by atoms with E-state index >= 15 is 0 Å². The van der Waals surface area contributed by atoms with E-state index in [0.29, 0.717) is 39.3 Å². The third-order valence-corrected chi connectivity index (χ3v) is 11.1. The number of nitrogens with one attached hydrogen (secondary N) is 6. The molecule has 4 aliphatic heterocycles. The van der Waals surface area contributed by atoms with Gasteiger partial charge < -0.3 is 40.4 Å². The van der Waals surface area contributed by atoms with E-state index in [1.54, 1.807) is 0 Å². The van der Waals surface area contributed by atoms with Crippen LogP contribution in [0, 0.1) is 0 Å². The first-order chi connectivity index (χ1) is 26.3. The Morgan fingerprint density at radius 2 is 0.852 bits per heavy atom. The van der Waals surface area contributed by atoms with Gasteiger partial charge in [-0.3, -0.25) is 20.4 Å². The number of carbonyl (C=O) groups is 4. The summed E-state index contributed by atoms with van der Waals surface area (Å²) in [5.74, 6) is -3.96. The summed E-state index contributed by atoms with van der Waals surface area (Å²) in [6, 6.07) is 2.79. The molecule has 296 valence electrons. The molecule has 2 aromatic rings. The van der Waals surface area contributed by atoms with E-state index in [1.165, 1.54) is 12.1 Å². The van der Waals surface area contributed by atoms with Gasteiger partial charge in [0.05, 0.1) is 27.9 Å². The monoisotopic (exact) mass is 750 g/mol. The Bertz CT molecular complexity index is 1630. The molecule has 54 heavy (non-hydrogen) atoms. The van der Waals surface area contributed by atoms with E-state index in [-0.39, 0.29) is 44.4 Å². The second kappa shape index (κ2) is 19.5. The van der Waals surface area contributed by atoms with Gasteiger partial charge in [0, 0.05) is 68.8 Å². The molecule has 4 fully saturated rings. The van der Waals surface area contributed by atoms with E-state index in [9.17, 15) is 29.4 Å². The number of nitrogens with zero attached hydrogens (tertiary/aromatic N) is 4. The van der Waals surface area contributed by atoms with Crippen molar-refractivity contribution in [3.8, 4) is 0 Å². The van der Waals surface area contributed by atoms with Gasteiger partial charge >= 0.3 is 11.9 Å². The minimum absolute atomic E-state index is 0.0397. The zero-order chi connectivity index (χ0) is 37.9. The molecular formula is C38H58N10O6. The minimum Gasteiger partial charge on any atom is -0.478 e. The van der Waals surface area contributed by atoms with E-state index in [1.807, 2.05) is 0 Å². The van der Waals surface area contributed by atoms with Crippen LogP contribution in [0.5, 0.6) is 0 Å². The second-order valence-corrected chi connectivity index (χ2v) is 14.9. The highest BCUT2D eigenvalue weighted by molar-refractivity contribution is 6.27. The molecule has 2 amide bonds. The van der Waals surface area contributed by atoms with Crippen molar-refractivity contribution in [1.82, 2.24) is 41.3 Å². The fraction of sp³-hybridized carbons (Fsp3) is 0.632. The summed E-state index contributed by atoms with van der Waals surface area (Å²) >= 11 is 0. The van der Waals surface area contributed by atoms with Crippen molar-refractivity contribution in [1.29, 1.82) is 0 Å². The van der Waals surface area contributed by atoms with Crippen molar-refractivity contribution in [2.45, 2.75) is 51.4 Å². The number of anilines is 2. The highest BCUT2D eigenvalue weighted by atomic mass is 16.4. The lowest BCUT2D eigenvalue weighted by Crippen LogP contribution is -2.43. The SMILES string of the molecule is O=C(O)c1cc(NCCN2CCCC2)c(C(=O)O)c2c(C(=O)NNCCN3CCCC3)cc(NCCN3CCCC3)c(C(=O)NNCCN3CCCC3)c12. The van der Waals surface area contributed by atoms with Crippen LogP contribution in [0.2, 0.25) is 0 Å². The minimum atomic E-state index is -1.35. The van der Waals surface area contributed by atoms with Gasteiger partial charge in [0.1, 0.15) is 0 Å². The van der Waals surface area contributed by atoms with Gasteiger partial charge in [-0.15, -0.1) is 0 Å². The van der Waals surface area contributed by atoms with Crippen molar-refractivity contribution in [2.24, 2.45) is 0 Å². The number of hydrogen-bond donors (Lipinski definition) is 8. The fourth-order valence-corrected chi connectivity index (χ4v) is 8.29. The van der Waals surface area contributed by atoms with Crippen LogP contribution in [-0.2, 0) is 0 Å². The molecule has 16 nitrogen and oxygen atoms in total. The van der Waals surface area contributed by atoms with Crippen LogP contribution in [0.4, 0.5) is 11.4 Å².